The maximum atomic E-state index is 12.7. The summed E-state index contributed by atoms with van der Waals surface area (Å²) in [6, 6.07) is 13.9. The van der Waals surface area contributed by atoms with Crippen molar-refractivity contribution in [2.75, 3.05) is 4.72 Å². The molecule has 0 saturated heterocycles. The second kappa shape index (κ2) is 7.02. The fourth-order valence-corrected chi connectivity index (χ4v) is 3.52. The zero-order valence-corrected chi connectivity index (χ0v) is 14.8. The minimum atomic E-state index is -3.71. The third-order valence-corrected chi connectivity index (χ3v) is 5.50. The molecule has 1 N–H and O–H groups in total. The summed E-state index contributed by atoms with van der Waals surface area (Å²) in [5.41, 5.74) is 2.07. The Balaban J connectivity index is 1.90. The smallest absolute Gasteiger partial charge is 0.261 e. The molecule has 3 rings (SSSR count). The van der Waals surface area contributed by atoms with Crippen LogP contribution >= 0.6 is 0 Å². The number of anilines is 1. The van der Waals surface area contributed by atoms with Crippen LogP contribution in [-0.4, -0.2) is 28.6 Å². The number of benzene rings is 2. The van der Waals surface area contributed by atoms with Crippen LogP contribution in [0.4, 0.5) is 5.69 Å². The van der Waals surface area contributed by atoms with E-state index in [0.717, 1.165) is 12.0 Å². The van der Waals surface area contributed by atoms with Gasteiger partial charge in [0.25, 0.3) is 10.0 Å². The quantitative estimate of drug-likeness (QED) is 0.732. The average molecular weight is 357 g/mol. The number of nitrogens with zero attached hydrogens (tertiary/aromatic N) is 4. The third kappa shape index (κ3) is 3.69. The lowest BCUT2D eigenvalue weighted by molar-refractivity contribution is 0.601. The molecule has 1 unspecified atom stereocenters. The highest BCUT2D eigenvalue weighted by Crippen LogP contribution is 2.24. The molecule has 8 heteroatoms. The van der Waals surface area contributed by atoms with E-state index in [-0.39, 0.29) is 4.90 Å². The molecular weight excluding hydrogens is 338 g/mol. The fourth-order valence-electron chi connectivity index (χ4n) is 2.45. The predicted molar refractivity (Wildman–Crippen MR) is 95.1 cm³/mol. The van der Waals surface area contributed by atoms with Crippen LogP contribution in [0.15, 0.2) is 59.8 Å². The van der Waals surface area contributed by atoms with Crippen molar-refractivity contribution in [1.29, 1.82) is 0 Å². The monoisotopic (exact) mass is 357 g/mol. The van der Waals surface area contributed by atoms with Crippen LogP contribution in [0.2, 0.25) is 0 Å². The van der Waals surface area contributed by atoms with E-state index in [9.17, 15) is 8.42 Å². The van der Waals surface area contributed by atoms with Gasteiger partial charge < -0.3 is 0 Å². The standard InChI is InChI=1S/C17H19N5O2S/c1-3-13(2)14-8-10-15(11-9-14)25(23,24)19-16-6-4-5-7-17(16)22-12-18-20-21-22/h4-13,19H,3H2,1-2H3. The van der Waals surface area contributed by atoms with Crippen LogP contribution in [-0.2, 0) is 10.0 Å². The topological polar surface area (TPSA) is 89.8 Å². The minimum absolute atomic E-state index is 0.214. The van der Waals surface area contributed by atoms with Gasteiger partial charge in [-0.2, -0.15) is 4.68 Å². The van der Waals surface area contributed by atoms with Gasteiger partial charge in [0.15, 0.2) is 0 Å². The van der Waals surface area contributed by atoms with Gasteiger partial charge in [-0.15, -0.1) is 5.10 Å². The van der Waals surface area contributed by atoms with Gasteiger partial charge in [-0.3, -0.25) is 4.72 Å². The molecule has 0 aliphatic heterocycles. The number of aromatic nitrogens is 4. The molecule has 0 radical (unpaired) electrons. The minimum Gasteiger partial charge on any atom is -0.277 e. The van der Waals surface area contributed by atoms with E-state index in [1.54, 1.807) is 36.4 Å². The summed E-state index contributed by atoms with van der Waals surface area (Å²) in [7, 11) is -3.71. The number of sulfonamides is 1. The Labute approximate surface area is 146 Å². The largest absolute Gasteiger partial charge is 0.277 e. The molecule has 130 valence electrons. The molecule has 0 saturated carbocycles. The highest BCUT2D eigenvalue weighted by atomic mass is 32.2. The van der Waals surface area contributed by atoms with Gasteiger partial charge >= 0.3 is 0 Å². The van der Waals surface area contributed by atoms with Crippen molar-refractivity contribution in [3.05, 3.63) is 60.4 Å². The van der Waals surface area contributed by atoms with Crippen LogP contribution in [0.25, 0.3) is 5.69 Å². The van der Waals surface area contributed by atoms with Crippen LogP contribution < -0.4 is 4.72 Å². The summed E-state index contributed by atoms with van der Waals surface area (Å²) in [6.45, 7) is 4.22. The lowest BCUT2D eigenvalue weighted by Gasteiger charge is -2.13. The zero-order chi connectivity index (χ0) is 17.9. The molecule has 0 aliphatic carbocycles. The fraction of sp³-hybridized carbons (Fsp3) is 0.235. The molecule has 0 fully saturated rings. The third-order valence-electron chi connectivity index (χ3n) is 4.12. The highest BCUT2D eigenvalue weighted by Gasteiger charge is 2.17. The van der Waals surface area contributed by atoms with Crippen molar-refractivity contribution in [3.8, 4) is 5.69 Å². The van der Waals surface area contributed by atoms with Gasteiger partial charge in [0, 0.05) is 0 Å². The Kier molecular flexibility index (Phi) is 4.80. The van der Waals surface area contributed by atoms with E-state index < -0.39 is 10.0 Å². The van der Waals surface area contributed by atoms with Gasteiger partial charge in [-0.25, -0.2) is 8.42 Å². The first-order valence-corrected chi connectivity index (χ1v) is 9.44. The molecular formula is C17H19N5O2S. The predicted octanol–water partition coefficient (Wildman–Crippen LogP) is 2.98. The Morgan fingerprint density at radius 2 is 1.84 bits per heavy atom. The molecule has 0 spiro atoms. The van der Waals surface area contributed by atoms with Crippen LogP contribution in [0.3, 0.4) is 0 Å². The highest BCUT2D eigenvalue weighted by molar-refractivity contribution is 7.92. The summed E-state index contributed by atoms with van der Waals surface area (Å²) in [5.74, 6) is 0.394. The summed E-state index contributed by atoms with van der Waals surface area (Å²) < 4.78 is 29.4. The van der Waals surface area contributed by atoms with Crippen molar-refractivity contribution >= 4 is 15.7 Å². The summed E-state index contributed by atoms with van der Waals surface area (Å²) in [4.78, 5) is 0.214. The number of tetrazole rings is 1. The van der Waals surface area contributed by atoms with Gasteiger partial charge in [-0.05, 0) is 52.6 Å². The molecule has 0 aliphatic rings. The van der Waals surface area contributed by atoms with E-state index in [1.165, 1.54) is 11.0 Å². The van der Waals surface area contributed by atoms with E-state index >= 15 is 0 Å². The van der Waals surface area contributed by atoms with E-state index in [0.29, 0.717) is 17.3 Å². The number of rotatable bonds is 6. The Morgan fingerprint density at radius 1 is 1.12 bits per heavy atom. The molecule has 25 heavy (non-hydrogen) atoms. The number of hydrogen-bond acceptors (Lipinski definition) is 5. The summed E-state index contributed by atoms with van der Waals surface area (Å²) >= 11 is 0. The Bertz CT molecular complexity index is 937. The molecule has 1 atom stereocenters. The van der Waals surface area contributed by atoms with Crippen molar-refractivity contribution in [2.24, 2.45) is 0 Å². The van der Waals surface area contributed by atoms with Crippen LogP contribution in [0.5, 0.6) is 0 Å². The van der Waals surface area contributed by atoms with Crippen LogP contribution in [0, 0.1) is 0 Å². The van der Waals surface area contributed by atoms with Crippen molar-refractivity contribution < 1.29 is 8.42 Å². The molecule has 0 bridgehead atoms. The van der Waals surface area contributed by atoms with Crippen molar-refractivity contribution in [1.82, 2.24) is 20.2 Å². The summed E-state index contributed by atoms with van der Waals surface area (Å²) in [6.07, 6.45) is 2.41. The second-order valence-electron chi connectivity index (χ2n) is 5.76. The molecule has 7 nitrogen and oxygen atoms in total. The summed E-state index contributed by atoms with van der Waals surface area (Å²) in [5, 5.41) is 11.0. The maximum absolute atomic E-state index is 12.7. The Morgan fingerprint density at radius 3 is 2.48 bits per heavy atom. The molecule has 2 aromatic carbocycles. The molecule has 1 aromatic heterocycles. The first kappa shape index (κ1) is 17.1. The number of hydrogen-bond donors (Lipinski definition) is 1. The first-order chi connectivity index (χ1) is 12.0. The average Bonchev–Trinajstić information content (AvgIpc) is 3.16. The van der Waals surface area contributed by atoms with Crippen LogP contribution in [0.1, 0.15) is 31.7 Å². The van der Waals surface area contributed by atoms with E-state index in [1.807, 2.05) is 12.1 Å². The number of para-hydroxylation sites is 2. The van der Waals surface area contributed by atoms with Crippen molar-refractivity contribution in [3.63, 3.8) is 0 Å². The second-order valence-corrected chi connectivity index (χ2v) is 7.44. The normalized spacial score (nSPS) is 12.7. The first-order valence-electron chi connectivity index (χ1n) is 7.96. The molecule has 3 aromatic rings. The lowest BCUT2D eigenvalue weighted by Crippen LogP contribution is -2.15. The Hall–Kier alpha value is -2.74. The van der Waals surface area contributed by atoms with Gasteiger partial charge in [0.1, 0.15) is 6.33 Å². The lowest BCUT2D eigenvalue weighted by atomic mass is 9.99. The van der Waals surface area contributed by atoms with Gasteiger partial charge in [0.05, 0.1) is 16.3 Å². The van der Waals surface area contributed by atoms with E-state index in [4.69, 9.17) is 0 Å². The van der Waals surface area contributed by atoms with Gasteiger partial charge in [0.2, 0.25) is 0 Å². The molecule has 1 heterocycles. The number of nitrogens with one attached hydrogen (secondary N) is 1. The molecule has 0 amide bonds. The van der Waals surface area contributed by atoms with E-state index in [2.05, 4.69) is 34.1 Å². The zero-order valence-electron chi connectivity index (χ0n) is 14.0. The van der Waals surface area contributed by atoms with Gasteiger partial charge in [-0.1, -0.05) is 38.1 Å². The SMILES string of the molecule is CCC(C)c1ccc(S(=O)(=O)Nc2ccccc2-n2cnnn2)cc1. The van der Waals surface area contributed by atoms with Crippen molar-refractivity contribution in [2.45, 2.75) is 31.1 Å². The maximum Gasteiger partial charge on any atom is 0.261 e.